The van der Waals surface area contributed by atoms with E-state index in [0.29, 0.717) is 12.2 Å². The minimum Gasteiger partial charge on any atom is -0.370 e. The van der Waals surface area contributed by atoms with Gasteiger partial charge in [-0.05, 0) is 20.3 Å². The molecule has 96 valence electrons. The summed E-state index contributed by atoms with van der Waals surface area (Å²) in [6.07, 6.45) is 2.73. The number of carbonyl (C=O) groups excluding carboxylic acids is 1. The normalized spacial score (nSPS) is 10.8. The van der Waals surface area contributed by atoms with Crippen molar-refractivity contribution < 1.29 is 4.79 Å². The topological polar surface area (TPSA) is 60.9 Å². The van der Waals surface area contributed by atoms with E-state index in [9.17, 15) is 4.79 Å². The van der Waals surface area contributed by atoms with Gasteiger partial charge in [0.1, 0.15) is 0 Å². The number of imidazole rings is 1. The van der Waals surface area contributed by atoms with Gasteiger partial charge in [0.15, 0.2) is 5.16 Å². The van der Waals surface area contributed by atoms with Gasteiger partial charge in [0.25, 0.3) is 0 Å². The van der Waals surface area contributed by atoms with E-state index in [2.05, 4.69) is 23.4 Å². The van der Waals surface area contributed by atoms with Crippen LogP contribution in [0.2, 0.25) is 0 Å². The molecule has 0 aliphatic heterocycles. The van der Waals surface area contributed by atoms with Crippen LogP contribution in [0, 0.1) is 13.8 Å². The Kier molecular flexibility index (Phi) is 5.55. The van der Waals surface area contributed by atoms with E-state index in [1.807, 2.05) is 6.92 Å². The minimum absolute atomic E-state index is 0.252. The van der Waals surface area contributed by atoms with Gasteiger partial charge in [-0.2, -0.15) is 0 Å². The zero-order chi connectivity index (χ0) is 12.8. The lowest BCUT2D eigenvalue weighted by molar-refractivity contribution is -0.117. The molecule has 1 rings (SSSR count). The highest BCUT2D eigenvalue weighted by Gasteiger charge is 2.11. The lowest BCUT2D eigenvalue weighted by Crippen LogP contribution is -2.11. The first-order chi connectivity index (χ1) is 8.06. The summed E-state index contributed by atoms with van der Waals surface area (Å²) in [5.74, 6) is 0.453. The highest BCUT2D eigenvalue weighted by molar-refractivity contribution is 7.99. The van der Waals surface area contributed by atoms with Gasteiger partial charge >= 0.3 is 0 Å². The summed E-state index contributed by atoms with van der Waals surface area (Å²) in [4.78, 5) is 15.2. The van der Waals surface area contributed by atoms with Crippen molar-refractivity contribution in [1.82, 2.24) is 9.55 Å². The van der Waals surface area contributed by atoms with Crippen molar-refractivity contribution in [1.29, 1.82) is 0 Å². The van der Waals surface area contributed by atoms with E-state index in [0.717, 1.165) is 23.8 Å². The average molecular weight is 255 g/mol. The Balaban J connectivity index is 2.68. The van der Waals surface area contributed by atoms with Crippen LogP contribution in [0.4, 0.5) is 0 Å². The third-order valence-electron chi connectivity index (χ3n) is 2.74. The van der Waals surface area contributed by atoms with Gasteiger partial charge in [-0.1, -0.05) is 25.1 Å². The summed E-state index contributed by atoms with van der Waals surface area (Å²) in [6, 6.07) is 0. The van der Waals surface area contributed by atoms with Crippen LogP contribution in [0.1, 0.15) is 37.6 Å². The molecule has 0 spiro atoms. The van der Waals surface area contributed by atoms with Gasteiger partial charge in [0, 0.05) is 24.4 Å². The van der Waals surface area contributed by atoms with E-state index in [1.54, 1.807) is 11.8 Å². The molecule has 0 bridgehead atoms. The van der Waals surface area contributed by atoms with Gasteiger partial charge in [-0.25, -0.2) is 4.98 Å². The van der Waals surface area contributed by atoms with Crippen molar-refractivity contribution in [3.8, 4) is 0 Å². The van der Waals surface area contributed by atoms with Crippen molar-refractivity contribution in [3.63, 3.8) is 0 Å². The number of thioether (sulfide) groups is 1. The van der Waals surface area contributed by atoms with Crippen LogP contribution < -0.4 is 5.73 Å². The Morgan fingerprint density at radius 2 is 2.18 bits per heavy atom. The van der Waals surface area contributed by atoms with E-state index >= 15 is 0 Å². The molecule has 17 heavy (non-hydrogen) atoms. The second-order valence-electron chi connectivity index (χ2n) is 4.14. The summed E-state index contributed by atoms with van der Waals surface area (Å²) < 4.78 is 2.24. The van der Waals surface area contributed by atoms with E-state index in [4.69, 9.17) is 5.73 Å². The predicted molar refractivity (Wildman–Crippen MR) is 71.1 cm³/mol. The lowest BCUT2D eigenvalue weighted by Gasteiger charge is -2.08. The number of aryl methyl sites for hydroxylation is 1. The molecule has 0 aliphatic carbocycles. The summed E-state index contributed by atoms with van der Waals surface area (Å²) >= 11 is 1.61. The first kappa shape index (κ1) is 14.1. The first-order valence-electron chi connectivity index (χ1n) is 6.01. The largest absolute Gasteiger partial charge is 0.370 e. The van der Waals surface area contributed by atoms with E-state index < -0.39 is 0 Å². The van der Waals surface area contributed by atoms with Gasteiger partial charge < -0.3 is 10.3 Å². The number of rotatable bonds is 7. The van der Waals surface area contributed by atoms with Crippen LogP contribution in [0.5, 0.6) is 0 Å². The molecule has 1 heterocycles. The molecular formula is C12H21N3OS. The fourth-order valence-electron chi connectivity index (χ4n) is 1.56. The summed E-state index contributed by atoms with van der Waals surface area (Å²) in [6.45, 7) is 7.30. The maximum absolute atomic E-state index is 10.7. The second kappa shape index (κ2) is 6.69. The first-order valence-corrected chi connectivity index (χ1v) is 6.99. The predicted octanol–water partition coefficient (Wildman–Crippen LogP) is 2.27. The molecule has 0 unspecified atom stereocenters. The summed E-state index contributed by atoms with van der Waals surface area (Å²) in [5.41, 5.74) is 7.42. The van der Waals surface area contributed by atoms with Crippen LogP contribution in [-0.4, -0.2) is 21.2 Å². The molecule has 0 aliphatic rings. The molecule has 0 atom stereocenters. The van der Waals surface area contributed by atoms with Crippen LogP contribution in [0.15, 0.2) is 5.16 Å². The third kappa shape index (κ3) is 4.07. The van der Waals surface area contributed by atoms with Gasteiger partial charge in [-0.15, -0.1) is 0 Å². The van der Waals surface area contributed by atoms with Crippen LogP contribution in [0.25, 0.3) is 0 Å². The molecule has 0 saturated heterocycles. The van der Waals surface area contributed by atoms with Crippen molar-refractivity contribution in [2.24, 2.45) is 5.73 Å². The Morgan fingerprint density at radius 3 is 2.76 bits per heavy atom. The van der Waals surface area contributed by atoms with Crippen molar-refractivity contribution >= 4 is 17.7 Å². The standard InChI is InChI=1S/C12H21N3OS/c1-4-5-7-15-10(3)9(2)14-12(15)17-8-6-11(13)16/h4-8H2,1-3H3,(H2,13,16). The van der Waals surface area contributed by atoms with Gasteiger partial charge in [0.2, 0.25) is 5.91 Å². The second-order valence-corrected chi connectivity index (χ2v) is 5.20. The molecule has 5 heteroatoms. The van der Waals surface area contributed by atoms with Gasteiger partial charge in [0.05, 0.1) is 5.69 Å². The number of aromatic nitrogens is 2. The number of primary amides is 1. The van der Waals surface area contributed by atoms with Crippen LogP contribution in [0.3, 0.4) is 0 Å². The highest BCUT2D eigenvalue weighted by Crippen LogP contribution is 2.22. The molecule has 1 aromatic heterocycles. The molecule has 0 radical (unpaired) electrons. The number of nitrogens with zero attached hydrogens (tertiary/aromatic N) is 2. The molecular weight excluding hydrogens is 234 g/mol. The molecule has 0 saturated carbocycles. The number of amides is 1. The summed E-state index contributed by atoms with van der Waals surface area (Å²) in [5, 5.41) is 1.01. The van der Waals surface area contributed by atoms with Crippen LogP contribution in [-0.2, 0) is 11.3 Å². The number of carbonyl (C=O) groups is 1. The third-order valence-corrected chi connectivity index (χ3v) is 3.72. The number of hydrogen-bond donors (Lipinski definition) is 1. The van der Waals surface area contributed by atoms with Crippen molar-refractivity contribution in [2.45, 2.75) is 51.7 Å². The van der Waals surface area contributed by atoms with Gasteiger partial charge in [-0.3, -0.25) is 4.79 Å². The van der Waals surface area contributed by atoms with Crippen molar-refractivity contribution in [3.05, 3.63) is 11.4 Å². The lowest BCUT2D eigenvalue weighted by atomic mass is 10.3. The molecule has 1 amide bonds. The molecule has 0 aromatic carbocycles. The quantitative estimate of drug-likeness (QED) is 0.760. The van der Waals surface area contributed by atoms with E-state index in [-0.39, 0.29) is 5.91 Å². The average Bonchev–Trinajstić information content (AvgIpc) is 2.52. The maximum atomic E-state index is 10.7. The SMILES string of the molecule is CCCCn1c(SCCC(N)=O)nc(C)c1C. The molecule has 1 aromatic rings. The monoisotopic (exact) mass is 255 g/mol. The Hall–Kier alpha value is -0.970. The van der Waals surface area contributed by atoms with Crippen LogP contribution >= 0.6 is 11.8 Å². The number of nitrogens with two attached hydrogens (primary N) is 1. The fourth-order valence-corrected chi connectivity index (χ4v) is 2.63. The minimum atomic E-state index is -0.252. The summed E-state index contributed by atoms with van der Waals surface area (Å²) in [7, 11) is 0. The van der Waals surface area contributed by atoms with Crippen molar-refractivity contribution in [2.75, 3.05) is 5.75 Å². The number of unbranched alkanes of at least 4 members (excludes halogenated alkanes) is 1. The highest BCUT2D eigenvalue weighted by atomic mass is 32.2. The molecule has 4 nitrogen and oxygen atoms in total. The zero-order valence-corrected chi connectivity index (χ0v) is 11.6. The fraction of sp³-hybridized carbons (Fsp3) is 0.667. The Labute approximate surface area is 107 Å². The number of hydrogen-bond acceptors (Lipinski definition) is 3. The Bertz CT molecular complexity index is 387. The smallest absolute Gasteiger partial charge is 0.218 e. The maximum Gasteiger partial charge on any atom is 0.218 e. The molecule has 2 N–H and O–H groups in total. The molecule has 0 fully saturated rings. The zero-order valence-electron chi connectivity index (χ0n) is 10.8. The van der Waals surface area contributed by atoms with E-state index in [1.165, 1.54) is 12.1 Å². The Morgan fingerprint density at radius 1 is 1.47 bits per heavy atom.